The first kappa shape index (κ1) is 25.3. The summed E-state index contributed by atoms with van der Waals surface area (Å²) in [6.07, 6.45) is 3.04. The highest BCUT2D eigenvalue weighted by molar-refractivity contribution is 5.83. The monoisotopic (exact) mass is 500 g/mol. The van der Waals surface area contributed by atoms with Gasteiger partial charge in [-0.2, -0.15) is 0 Å². The average molecular weight is 501 g/mol. The molecular weight excluding hydrogens is 464 g/mol. The number of tetrazole rings is 1. The predicted octanol–water partition coefficient (Wildman–Crippen LogP) is 4.77. The number of ether oxygens (including phenoxy) is 1. The van der Waals surface area contributed by atoms with Gasteiger partial charge in [0.25, 0.3) is 5.56 Å². The van der Waals surface area contributed by atoms with Crippen LogP contribution in [0.1, 0.15) is 65.9 Å². The fraction of sp³-hybridized carbons (Fsp3) is 0.448. The lowest BCUT2D eigenvalue weighted by molar-refractivity contribution is 0.0888. The van der Waals surface area contributed by atoms with Gasteiger partial charge in [0, 0.05) is 36.2 Å². The van der Waals surface area contributed by atoms with Crippen LogP contribution in [0.4, 0.5) is 0 Å². The minimum Gasteiger partial charge on any atom is -0.376 e. The van der Waals surface area contributed by atoms with Crippen LogP contribution in [-0.2, 0) is 24.4 Å². The van der Waals surface area contributed by atoms with E-state index in [1.54, 1.807) is 0 Å². The Morgan fingerprint density at radius 3 is 2.65 bits per heavy atom. The Morgan fingerprint density at radius 1 is 1.11 bits per heavy atom. The number of aryl methyl sites for hydroxylation is 3. The Labute approximate surface area is 217 Å². The summed E-state index contributed by atoms with van der Waals surface area (Å²) in [6.45, 7) is 11.0. The molecule has 8 heteroatoms. The van der Waals surface area contributed by atoms with Gasteiger partial charge in [-0.25, -0.2) is 4.68 Å². The van der Waals surface area contributed by atoms with Gasteiger partial charge >= 0.3 is 0 Å². The maximum atomic E-state index is 13.2. The van der Waals surface area contributed by atoms with Crippen molar-refractivity contribution in [2.75, 3.05) is 6.61 Å². The van der Waals surface area contributed by atoms with E-state index in [1.807, 2.05) is 16.8 Å². The van der Waals surface area contributed by atoms with Gasteiger partial charge < -0.3 is 9.72 Å². The van der Waals surface area contributed by atoms with Crippen molar-refractivity contribution in [3.63, 3.8) is 0 Å². The molecule has 2 atom stereocenters. The molecule has 5 rings (SSSR count). The lowest BCUT2D eigenvalue weighted by atomic mass is 10.0. The van der Waals surface area contributed by atoms with E-state index < -0.39 is 0 Å². The zero-order chi connectivity index (χ0) is 25.9. The van der Waals surface area contributed by atoms with Crippen LogP contribution in [0, 0.1) is 20.8 Å². The minimum atomic E-state index is -0.0630. The van der Waals surface area contributed by atoms with Crippen molar-refractivity contribution in [2.24, 2.45) is 0 Å². The topological polar surface area (TPSA) is 88.9 Å². The van der Waals surface area contributed by atoms with E-state index in [0.717, 1.165) is 59.3 Å². The second kappa shape index (κ2) is 10.9. The smallest absolute Gasteiger partial charge is 0.252 e. The second-order valence-electron chi connectivity index (χ2n) is 10.3. The zero-order valence-electron chi connectivity index (χ0n) is 22.2. The minimum absolute atomic E-state index is 0.0554. The zero-order valence-corrected chi connectivity index (χ0v) is 22.2. The molecule has 0 saturated carbocycles. The van der Waals surface area contributed by atoms with E-state index in [4.69, 9.17) is 4.74 Å². The van der Waals surface area contributed by atoms with Gasteiger partial charge in [0.2, 0.25) is 0 Å². The number of rotatable bonds is 9. The molecule has 1 aliphatic heterocycles. The molecule has 1 saturated heterocycles. The van der Waals surface area contributed by atoms with Crippen molar-refractivity contribution in [3.8, 4) is 0 Å². The van der Waals surface area contributed by atoms with Crippen LogP contribution in [0.2, 0.25) is 0 Å². The van der Waals surface area contributed by atoms with Crippen LogP contribution in [0.25, 0.3) is 10.9 Å². The van der Waals surface area contributed by atoms with E-state index in [9.17, 15) is 4.79 Å². The van der Waals surface area contributed by atoms with Gasteiger partial charge in [-0.3, -0.25) is 9.69 Å². The third-order valence-electron chi connectivity index (χ3n) is 7.35. The highest BCUT2D eigenvalue weighted by atomic mass is 16.5. The van der Waals surface area contributed by atoms with Crippen molar-refractivity contribution in [1.29, 1.82) is 0 Å². The summed E-state index contributed by atoms with van der Waals surface area (Å²) in [5.74, 6) is 0.814. The Bertz CT molecular complexity index is 1420. The van der Waals surface area contributed by atoms with E-state index >= 15 is 0 Å². The molecule has 2 aromatic heterocycles. The van der Waals surface area contributed by atoms with Gasteiger partial charge in [0.15, 0.2) is 5.82 Å². The number of pyridine rings is 1. The highest BCUT2D eigenvalue weighted by Crippen LogP contribution is 2.28. The fourth-order valence-corrected chi connectivity index (χ4v) is 5.42. The second-order valence-corrected chi connectivity index (χ2v) is 10.3. The Kier molecular flexibility index (Phi) is 7.48. The van der Waals surface area contributed by atoms with Crippen molar-refractivity contribution in [3.05, 3.63) is 86.5 Å². The molecule has 0 radical (unpaired) electrons. The number of H-pyrrole nitrogens is 1. The molecule has 1 aliphatic rings. The summed E-state index contributed by atoms with van der Waals surface area (Å²) < 4.78 is 7.75. The molecule has 0 amide bonds. The molecule has 0 bridgehead atoms. The fourth-order valence-electron chi connectivity index (χ4n) is 5.42. The van der Waals surface area contributed by atoms with E-state index in [-0.39, 0.29) is 17.7 Å². The first-order chi connectivity index (χ1) is 17.9. The Morgan fingerprint density at radius 2 is 1.92 bits per heavy atom. The van der Waals surface area contributed by atoms with Crippen LogP contribution in [0.3, 0.4) is 0 Å². The maximum absolute atomic E-state index is 13.2. The Balaban J connectivity index is 1.51. The normalized spacial score (nSPS) is 16.6. The van der Waals surface area contributed by atoms with Crippen molar-refractivity contribution in [1.82, 2.24) is 30.1 Å². The van der Waals surface area contributed by atoms with E-state index in [0.29, 0.717) is 19.6 Å². The first-order valence-electron chi connectivity index (χ1n) is 13.2. The van der Waals surface area contributed by atoms with Gasteiger partial charge in [0.1, 0.15) is 0 Å². The molecule has 3 heterocycles. The molecule has 0 unspecified atom stereocenters. The molecule has 1 N–H and O–H groups in total. The van der Waals surface area contributed by atoms with Crippen LogP contribution in [0.5, 0.6) is 0 Å². The maximum Gasteiger partial charge on any atom is 0.252 e. The van der Waals surface area contributed by atoms with Gasteiger partial charge in [-0.05, 0) is 79.3 Å². The standard InChI is InChI=1S/C29H36N6O2/c1-5-27(28-31-32-33-35(28)18-24-7-6-12-37-24)34(16-22-10-8-19(2)9-11-22)17-23-15-25-21(4)13-20(3)14-26(25)30-29(23)36/h8-11,13-15,24,27H,5-7,12,16-18H2,1-4H3,(H,30,36)/t24-,27+/m1/s1. The molecule has 4 aromatic rings. The number of nitrogens with zero attached hydrogens (tertiary/aromatic N) is 5. The van der Waals surface area contributed by atoms with Gasteiger partial charge in [0.05, 0.1) is 18.7 Å². The number of fused-ring (bicyclic) bond motifs is 1. The lowest BCUT2D eigenvalue weighted by Crippen LogP contribution is -2.33. The molecule has 1 fully saturated rings. The summed E-state index contributed by atoms with van der Waals surface area (Å²) in [6, 6.07) is 14.7. The van der Waals surface area contributed by atoms with Crippen molar-refractivity contribution in [2.45, 2.75) is 78.7 Å². The third kappa shape index (κ3) is 5.65. The molecule has 0 spiro atoms. The number of hydrogen-bond donors (Lipinski definition) is 1. The summed E-state index contributed by atoms with van der Waals surface area (Å²) in [4.78, 5) is 18.7. The predicted molar refractivity (Wildman–Crippen MR) is 144 cm³/mol. The number of aromatic amines is 1. The number of hydrogen-bond acceptors (Lipinski definition) is 6. The first-order valence-corrected chi connectivity index (χ1v) is 13.2. The van der Waals surface area contributed by atoms with Crippen LogP contribution < -0.4 is 5.56 Å². The molecule has 37 heavy (non-hydrogen) atoms. The quantitative estimate of drug-likeness (QED) is 0.356. The Hall–Kier alpha value is -3.36. The summed E-state index contributed by atoms with van der Waals surface area (Å²) in [7, 11) is 0. The van der Waals surface area contributed by atoms with Crippen LogP contribution in [0.15, 0.2) is 47.3 Å². The van der Waals surface area contributed by atoms with Gasteiger partial charge in [-0.1, -0.05) is 42.8 Å². The SMILES string of the molecule is CC[C@@H](c1nnnn1C[C@H]1CCCO1)N(Cc1ccc(C)cc1)Cc1cc2c(C)cc(C)cc2[nH]c1=O. The lowest BCUT2D eigenvalue weighted by Gasteiger charge is -2.30. The third-order valence-corrected chi connectivity index (χ3v) is 7.35. The molecule has 194 valence electrons. The number of aromatic nitrogens is 5. The van der Waals surface area contributed by atoms with Crippen molar-refractivity contribution < 1.29 is 4.74 Å². The van der Waals surface area contributed by atoms with Gasteiger partial charge in [-0.15, -0.1) is 5.10 Å². The van der Waals surface area contributed by atoms with E-state index in [1.165, 1.54) is 11.1 Å². The number of nitrogens with one attached hydrogen (secondary N) is 1. The number of benzene rings is 2. The molecular formula is C29H36N6O2. The molecule has 8 nitrogen and oxygen atoms in total. The highest BCUT2D eigenvalue weighted by Gasteiger charge is 2.28. The largest absolute Gasteiger partial charge is 0.376 e. The summed E-state index contributed by atoms with van der Waals surface area (Å²) in [5, 5.41) is 13.9. The van der Waals surface area contributed by atoms with Crippen LogP contribution >= 0.6 is 0 Å². The average Bonchev–Trinajstić information content (AvgIpc) is 3.55. The summed E-state index contributed by atoms with van der Waals surface area (Å²) >= 11 is 0. The molecule has 0 aliphatic carbocycles. The molecule has 2 aromatic carbocycles. The van der Waals surface area contributed by atoms with Crippen molar-refractivity contribution >= 4 is 10.9 Å². The van der Waals surface area contributed by atoms with E-state index in [2.05, 4.69) is 83.4 Å². The summed E-state index contributed by atoms with van der Waals surface area (Å²) in [5.41, 5.74) is 6.27. The van der Waals surface area contributed by atoms with Crippen LogP contribution in [-0.4, -0.2) is 42.8 Å².